The van der Waals surface area contributed by atoms with Gasteiger partial charge < -0.3 is 15.4 Å². The van der Waals surface area contributed by atoms with Crippen LogP contribution in [-0.4, -0.2) is 39.3 Å². The molecule has 7 heteroatoms. The van der Waals surface area contributed by atoms with Gasteiger partial charge in [-0.15, -0.1) is 24.0 Å². The molecule has 0 aliphatic heterocycles. The van der Waals surface area contributed by atoms with Crippen LogP contribution >= 0.6 is 39.9 Å². The van der Waals surface area contributed by atoms with Crippen LogP contribution in [0, 0.1) is 5.82 Å². The van der Waals surface area contributed by atoms with Gasteiger partial charge in [0.15, 0.2) is 5.96 Å². The second-order valence-electron chi connectivity index (χ2n) is 4.52. The molecular weight excluding hydrogens is 464 g/mol. The number of hydrogen-bond acceptors (Lipinski definition) is 2. The van der Waals surface area contributed by atoms with Crippen molar-refractivity contribution in [2.75, 3.05) is 33.4 Å². The molecule has 0 aliphatic carbocycles. The van der Waals surface area contributed by atoms with Gasteiger partial charge in [-0.25, -0.2) is 4.39 Å². The summed E-state index contributed by atoms with van der Waals surface area (Å²) in [5, 5.41) is 6.38. The second-order valence-corrected chi connectivity index (χ2v) is 5.44. The summed E-state index contributed by atoms with van der Waals surface area (Å²) >= 11 is 3.36. The number of ether oxygens (including phenoxy) is 1. The van der Waals surface area contributed by atoms with Crippen molar-refractivity contribution in [2.24, 2.45) is 4.99 Å². The number of nitrogens with zero attached hydrogens (tertiary/aromatic N) is 1. The minimum atomic E-state index is -0.179. The van der Waals surface area contributed by atoms with Crippen LogP contribution in [0.2, 0.25) is 0 Å². The number of benzene rings is 1. The Morgan fingerprint density at radius 3 is 2.82 bits per heavy atom. The van der Waals surface area contributed by atoms with Crippen LogP contribution < -0.4 is 10.6 Å². The first-order valence-corrected chi connectivity index (χ1v) is 7.91. The van der Waals surface area contributed by atoms with Gasteiger partial charge in [0.05, 0.1) is 0 Å². The van der Waals surface area contributed by atoms with Crippen LogP contribution in [0.5, 0.6) is 0 Å². The number of hydrogen-bond donors (Lipinski definition) is 2. The van der Waals surface area contributed by atoms with E-state index in [1.807, 2.05) is 6.92 Å². The zero-order valence-electron chi connectivity index (χ0n) is 13.0. The lowest BCUT2D eigenvalue weighted by Crippen LogP contribution is -2.38. The zero-order valence-corrected chi connectivity index (χ0v) is 16.9. The SMILES string of the molecule is CCNC(=NCCCOC)NCCc1cc(Br)ccc1F.I. The van der Waals surface area contributed by atoms with Crippen molar-refractivity contribution >= 4 is 45.9 Å². The fourth-order valence-electron chi connectivity index (χ4n) is 1.79. The van der Waals surface area contributed by atoms with Crippen molar-refractivity contribution in [1.82, 2.24) is 10.6 Å². The molecular formula is C15H24BrFIN3O. The van der Waals surface area contributed by atoms with Crippen molar-refractivity contribution < 1.29 is 9.13 Å². The molecule has 0 bridgehead atoms. The minimum Gasteiger partial charge on any atom is -0.385 e. The Morgan fingerprint density at radius 1 is 1.36 bits per heavy atom. The van der Waals surface area contributed by atoms with Gasteiger partial charge in [0.2, 0.25) is 0 Å². The summed E-state index contributed by atoms with van der Waals surface area (Å²) in [4.78, 5) is 4.43. The van der Waals surface area contributed by atoms with Crippen LogP contribution in [0.3, 0.4) is 0 Å². The summed E-state index contributed by atoms with van der Waals surface area (Å²) in [6.45, 7) is 4.84. The molecule has 0 fully saturated rings. The normalized spacial score (nSPS) is 11.0. The van der Waals surface area contributed by atoms with E-state index in [4.69, 9.17) is 4.74 Å². The van der Waals surface area contributed by atoms with E-state index in [0.717, 1.165) is 23.4 Å². The molecule has 0 radical (unpaired) electrons. The molecule has 4 nitrogen and oxygen atoms in total. The summed E-state index contributed by atoms with van der Waals surface area (Å²) in [6.07, 6.45) is 1.49. The standard InChI is InChI=1S/C15H23BrFN3O.HI/c1-3-18-15(19-8-4-10-21-2)20-9-7-12-11-13(16)5-6-14(12)17;/h5-6,11H,3-4,7-10H2,1-2H3,(H2,18,19,20);1H. The Bertz CT molecular complexity index is 460. The molecule has 0 aliphatic rings. The third-order valence-corrected chi connectivity index (χ3v) is 3.31. The van der Waals surface area contributed by atoms with E-state index >= 15 is 0 Å². The highest BCUT2D eigenvalue weighted by molar-refractivity contribution is 14.0. The summed E-state index contributed by atoms with van der Waals surface area (Å²) in [5.41, 5.74) is 0.687. The first-order valence-electron chi connectivity index (χ1n) is 7.12. The molecule has 22 heavy (non-hydrogen) atoms. The molecule has 0 saturated heterocycles. The Labute approximate surface area is 157 Å². The third-order valence-electron chi connectivity index (χ3n) is 2.82. The Morgan fingerprint density at radius 2 is 2.14 bits per heavy atom. The van der Waals surface area contributed by atoms with Crippen LogP contribution in [0.1, 0.15) is 18.9 Å². The van der Waals surface area contributed by atoms with E-state index < -0.39 is 0 Å². The van der Waals surface area contributed by atoms with Gasteiger partial charge in [-0.05, 0) is 43.5 Å². The highest BCUT2D eigenvalue weighted by atomic mass is 127. The van der Waals surface area contributed by atoms with E-state index in [9.17, 15) is 4.39 Å². The van der Waals surface area contributed by atoms with Crippen LogP contribution in [-0.2, 0) is 11.2 Å². The van der Waals surface area contributed by atoms with Gasteiger partial charge in [0.25, 0.3) is 0 Å². The lowest BCUT2D eigenvalue weighted by molar-refractivity contribution is 0.197. The fraction of sp³-hybridized carbons (Fsp3) is 0.533. The van der Waals surface area contributed by atoms with Crippen molar-refractivity contribution in [2.45, 2.75) is 19.8 Å². The molecule has 1 rings (SSSR count). The van der Waals surface area contributed by atoms with E-state index in [-0.39, 0.29) is 29.8 Å². The Balaban J connectivity index is 0.00000441. The average molecular weight is 488 g/mol. The van der Waals surface area contributed by atoms with Gasteiger partial charge in [0.1, 0.15) is 5.82 Å². The lowest BCUT2D eigenvalue weighted by atomic mass is 10.1. The van der Waals surface area contributed by atoms with Crippen molar-refractivity contribution in [3.05, 3.63) is 34.1 Å². The highest BCUT2D eigenvalue weighted by Crippen LogP contribution is 2.15. The quantitative estimate of drug-likeness (QED) is 0.256. The largest absolute Gasteiger partial charge is 0.385 e. The monoisotopic (exact) mass is 487 g/mol. The summed E-state index contributed by atoms with van der Waals surface area (Å²) < 4.78 is 19.5. The Kier molecular flexibility index (Phi) is 12.8. The number of nitrogens with one attached hydrogen (secondary N) is 2. The number of methoxy groups -OCH3 is 1. The predicted octanol–water partition coefficient (Wildman–Crippen LogP) is 3.34. The molecule has 1 aromatic carbocycles. The lowest BCUT2D eigenvalue weighted by Gasteiger charge is -2.11. The topological polar surface area (TPSA) is 45.7 Å². The maximum absolute atomic E-state index is 13.6. The van der Waals surface area contributed by atoms with E-state index in [2.05, 4.69) is 31.6 Å². The molecule has 2 N–H and O–H groups in total. The number of aliphatic imine (C=N–C) groups is 1. The van der Waals surface area contributed by atoms with Gasteiger partial charge in [-0.3, -0.25) is 4.99 Å². The van der Waals surface area contributed by atoms with Crippen molar-refractivity contribution in [3.8, 4) is 0 Å². The third kappa shape index (κ3) is 8.89. The van der Waals surface area contributed by atoms with Crippen LogP contribution in [0.15, 0.2) is 27.7 Å². The first-order chi connectivity index (χ1) is 10.2. The van der Waals surface area contributed by atoms with Gasteiger partial charge in [-0.2, -0.15) is 0 Å². The first kappa shape index (κ1) is 21.6. The van der Waals surface area contributed by atoms with Crippen LogP contribution in [0.25, 0.3) is 0 Å². The zero-order chi connectivity index (χ0) is 15.5. The molecule has 0 amide bonds. The van der Waals surface area contributed by atoms with Crippen molar-refractivity contribution in [3.63, 3.8) is 0 Å². The maximum Gasteiger partial charge on any atom is 0.191 e. The molecule has 0 spiro atoms. The van der Waals surface area contributed by atoms with Gasteiger partial charge in [-0.1, -0.05) is 15.9 Å². The number of rotatable bonds is 8. The molecule has 0 unspecified atom stereocenters. The second kappa shape index (κ2) is 13.1. The van der Waals surface area contributed by atoms with E-state index in [0.29, 0.717) is 31.7 Å². The van der Waals surface area contributed by atoms with E-state index in [1.165, 1.54) is 6.07 Å². The highest BCUT2D eigenvalue weighted by Gasteiger charge is 2.03. The number of halogens is 3. The summed E-state index contributed by atoms with van der Waals surface area (Å²) in [6, 6.07) is 4.98. The summed E-state index contributed by atoms with van der Waals surface area (Å²) in [5.74, 6) is 0.575. The summed E-state index contributed by atoms with van der Waals surface area (Å²) in [7, 11) is 1.68. The maximum atomic E-state index is 13.6. The average Bonchev–Trinajstić information content (AvgIpc) is 2.47. The molecule has 0 aromatic heterocycles. The Hall–Kier alpha value is -0.410. The predicted molar refractivity (Wildman–Crippen MR) is 104 cm³/mol. The molecule has 126 valence electrons. The molecule has 0 saturated carbocycles. The van der Waals surface area contributed by atoms with Gasteiger partial charge in [0, 0.05) is 37.8 Å². The molecule has 0 heterocycles. The van der Waals surface area contributed by atoms with Gasteiger partial charge >= 0.3 is 0 Å². The smallest absolute Gasteiger partial charge is 0.191 e. The number of guanidine groups is 1. The van der Waals surface area contributed by atoms with Crippen molar-refractivity contribution in [1.29, 1.82) is 0 Å². The molecule has 1 aromatic rings. The fourth-order valence-corrected chi connectivity index (χ4v) is 2.20. The van der Waals surface area contributed by atoms with Crippen LogP contribution in [0.4, 0.5) is 4.39 Å². The minimum absolute atomic E-state index is 0. The molecule has 0 atom stereocenters. The van der Waals surface area contributed by atoms with E-state index in [1.54, 1.807) is 19.2 Å².